The second-order valence-electron chi connectivity index (χ2n) is 5.75. The second kappa shape index (κ2) is 8.82. The maximum Gasteiger partial charge on any atom is 0.193 e. The molecule has 0 saturated heterocycles. The number of hydrogen-bond acceptors (Lipinski definition) is 4. The van der Waals surface area contributed by atoms with Crippen LogP contribution in [0.2, 0.25) is 0 Å². The summed E-state index contributed by atoms with van der Waals surface area (Å²) in [7, 11) is 0. The molecule has 0 bridgehead atoms. The molecule has 0 aliphatic rings. The predicted molar refractivity (Wildman–Crippen MR) is 100 cm³/mol. The smallest absolute Gasteiger partial charge is 0.193 e. The fraction of sp³-hybridized carbons (Fsp3) is 0.316. The average molecular weight is 343 g/mol. The third-order valence-electron chi connectivity index (χ3n) is 3.25. The highest BCUT2D eigenvalue weighted by molar-refractivity contribution is 5.92. The van der Waals surface area contributed by atoms with Crippen LogP contribution < -0.4 is 20.5 Å². The van der Waals surface area contributed by atoms with E-state index in [1.807, 2.05) is 45.0 Å². The van der Waals surface area contributed by atoms with Gasteiger partial charge in [-0.05, 0) is 62.7 Å². The van der Waals surface area contributed by atoms with Gasteiger partial charge in [0.2, 0.25) is 0 Å². The van der Waals surface area contributed by atoms with E-state index in [0.717, 1.165) is 17.0 Å². The highest BCUT2D eigenvalue weighted by Gasteiger charge is 2.04. The highest BCUT2D eigenvalue weighted by Crippen LogP contribution is 2.27. The van der Waals surface area contributed by atoms with Crippen molar-refractivity contribution in [3.8, 4) is 17.2 Å². The van der Waals surface area contributed by atoms with Crippen molar-refractivity contribution >= 4 is 11.6 Å². The molecule has 6 nitrogen and oxygen atoms in total. The van der Waals surface area contributed by atoms with Crippen molar-refractivity contribution in [2.45, 2.75) is 33.4 Å². The number of aromatic hydroxyl groups is 1. The number of phenolic OH excluding ortho intramolecular Hbond substituents is 1. The van der Waals surface area contributed by atoms with E-state index < -0.39 is 0 Å². The highest BCUT2D eigenvalue weighted by atomic mass is 16.5. The Kier molecular flexibility index (Phi) is 6.51. The zero-order chi connectivity index (χ0) is 18.2. The number of aliphatic imine (C=N–C) groups is 1. The predicted octanol–water partition coefficient (Wildman–Crippen LogP) is 3.50. The molecule has 0 unspecified atom stereocenters. The van der Waals surface area contributed by atoms with E-state index in [1.54, 1.807) is 18.2 Å². The molecule has 0 aliphatic heterocycles. The number of rotatable bonds is 7. The summed E-state index contributed by atoms with van der Waals surface area (Å²) in [4.78, 5) is 4.31. The summed E-state index contributed by atoms with van der Waals surface area (Å²) in [6, 6.07) is 12.7. The Balaban J connectivity index is 1.96. The molecule has 4 N–H and O–H groups in total. The summed E-state index contributed by atoms with van der Waals surface area (Å²) >= 11 is 0. The molecule has 0 fully saturated rings. The number of nitrogens with two attached hydrogens (primary N) is 1. The van der Waals surface area contributed by atoms with Crippen LogP contribution in [0.5, 0.6) is 17.2 Å². The molecular weight excluding hydrogens is 318 g/mol. The first-order chi connectivity index (χ1) is 12.0. The molecular formula is C19H25N3O3. The SMILES string of the molecule is CCOc1cc(CN=C(N)Nc2ccc(OC(C)C)cc2)ccc1O. The van der Waals surface area contributed by atoms with Crippen LogP contribution in [0.15, 0.2) is 47.5 Å². The second-order valence-corrected chi connectivity index (χ2v) is 5.75. The Morgan fingerprint density at radius 3 is 2.56 bits per heavy atom. The largest absolute Gasteiger partial charge is 0.504 e. The van der Waals surface area contributed by atoms with Gasteiger partial charge in [0.25, 0.3) is 0 Å². The number of ether oxygens (including phenoxy) is 2. The number of hydrogen-bond donors (Lipinski definition) is 3. The molecule has 0 heterocycles. The molecule has 0 spiro atoms. The van der Waals surface area contributed by atoms with Gasteiger partial charge < -0.3 is 25.6 Å². The van der Waals surface area contributed by atoms with Crippen LogP contribution in [-0.2, 0) is 6.54 Å². The van der Waals surface area contributed by atoms with E-state index in [0.29, 0.717) is 24.9 Å². The lowest BCUT2D eigenvalue weighted by Gasteiger charge is -2.11. The van der Waals surface area contributed by atoms with Gasteiger partial charge in [0.05, 0.1) is 19.3 Å². The van der Waals surface area contributed by atoms with Crippen molar-refractivity contribution < 1.29 is 14.6 Å². The number of phenols is 1. The van der Waals surface area contributed by atoms with Crippen LogP contribution in [0, 0.1) is 0 Å². The summed E-state index contributed by atoms with van der Waals surface area (Å²) in [6.45, 7) is 6.70. The van der Waals surface area contributed by atoms with E-state index in [9.17, 15) is 5.11 Å². The van der Waals surface area contributed by atoms with E-state index in [-0.39, 0.29) is 11.9 Å². The summed E-state index contributed by atoms with van der Waals surface area (Å²) < 4.78 is 11.0. The summed E-state index contributed by atoms with van der Waals surface area (Å²) in [5.74, 6) is 1.68. The maximum atomic E-state index is 9.71. The lowest BCUT2D eigenvalue weighted by molar-refractivity contribution is 0.242. The number of guanidine groups is 1. The zero-order valence-corrected chi connectivity index (χ0v) is 14.8. The fourth-order valence-corrected chi connectivity index (χ4v) is 2.18. The monoisotopic (exact) mass is 343 g/mol. The molecule has 0 saturated carbocycles. The van der Waals surface area contributed by atoms with Gasteiger partial charge in [-0.25, -0.2) is 4.99 Å². The first kappa shape index (κ1) is 18.4. The van der Waals surface area contributed by atoms with Gasteiger partial charge in [-0.15, -0.1) is 0 Å². The van der Waals surface area contributed by atoms with Crippen LogP contribution in [-0.4, -0.2) is 23.8 Å². The number of nitrogens with one attached hydrogen (secondary N) is 1. The van der Waals surface area contributed by atoms with Crippen molar-refractivity contribution in [1.29, 1.82) is 0 Å². The Morgan fingerprint density at radius 1 is 1.20 bits per heavy atom. The first-order valence-corrected chi connectivity index (χ1v) is 8.26. The van der Waals surface area contributed by atoms with E-state index in [4.69, 9.17) is 15.2 Å². The Hall–Kier alpha value is -2.89. The topological polar surface area (TPSA) is 89.1 Å². The molecule has 0 aliphatic carbocycles. The Bertz CT molecular complexity index is 712. The number of nitrogens with zero attached hydrogens (tertiary/aromatic N) is 1. The minimum atomic E-state index is 0.115. The molecule has 25 heavy (non-hydrogen) atoms. The molecule has 0 atom stereocenters. The fourth-order valence-electron chi connectivity index (χ4n) is 2.18. The average Bonchev–Trinajstić information content (AvgIpc) is 2.57. The Morgan fingerprint density at radius 2 is 1.92 bits per heavy atom. The van der Waals surface area contributed by atoms with Crippen molar-refractivity contribution in [1.82, 2.24) is 0 Å². The lowest BCUT2D eigenvalue weighted by Crippen LogP contribution is -2.22. The standard InChI is InChI=1S/C19H25N3O3/c1-4-24-18-11-14(5-10-17(18)23)12-21-19(20)22-15-6-8-16(9-7-15)25-13(2)3/h5-11,13,23H,4,12H2,1-3H3,(H3,20,21,22). The van der Waals surface area contributed by atoms with Crippen LogP contribution in [0.1, 0.15) is 26.3 Å². The molecule has 2 aromatic carbocycles. The van der Waals surface area contributed by atoms with Crippen molar-refractivity contribution in [3.63, 3.8) is 0 Å². The zero-order valence-electron chi connectivity index (χ0n) is 14.8. The Labute approximate surface area is 148 Å². The summed E-state index contributed by atoms with van der Waals surface area (Å²) in [6.07, 6.45) is 0.136. The maximum absolute atomic E-state index is 9.71. The summed E-state index contributed by atoms with van der Waals surface area (Å²) in [5.41, 5.74) is 7.65. The molecule has 0 amide bonds. The summed E-state index contributed by atoms with van der Waals surface area (Å²) in [5, 5.41) is 12.7. The van der Waals surface area contributed by atoms with Gasteiger partial charge in [0.15, 0.2) is 17.5 Å². The van der Waals surface area contributed by atoms with Gasteiger partial charge in [0.1, 0.15) is 5.75 Å². The van der Waals surface area contributed by atoms with Crippen LogP contribution in [0.3, 0.4) is 0 Å². The van der Waals surface area contributed by atoms with E-state index in [1.165, 1.54) is 0 Å². The molecule has 6 heteroatoms. The molecule has 2 rings (SSSR count). The third-order valence-corrected chi connectivity index (χ3v) is 3.25. The molecule has 0 radical (unpaired) electrons. The quantitative estimate of drug-likeness (QED) is 0.529. The van der Waals surface area contributed by atoms with Gasteiger partial charge in [-0.2, -0.15) is 0 Å². The first-order valence-electron chi connectivity index (χ1n) is 8.26. The van der Waals surface area contributed by atoms with Gasteiger partial charge in [0, 0.05) is 5.69 Å². The van der Waals surface area contributed by atoms with Crippen molar-refractivity contribution in [2.75, 3.05) is 11.9 Å². The van der Waals surface area contributed by atoms with Crippen LogP contribution in [0.4, 0.5) is 5.69 Å². The number of anilines is 1. The third kappa shape index (κ3) is 5.91. The number of benzene rings is 2. The van der Waals surface area contributed by atoms with Crippen LogP contribution in [0.25, 0.3) is 0 Å². The normalized spacial score (nSPS) is 11.4. The minimum Gasteiger partial charge on any atom is -0.504 e. The van der Waals surface area contributed by atoms with Crippen molar-refractivity contribution in [3.05, 3.63) is 48.0 Å². The van der Waals surface area contributed by atoms with Gasteiger partial charge >= 0.3 is 0 Å². The van der Waals surface area contributed by atoms with E-state index >= 15 is 0 Å². The minimum absolute atomic E-state index is 0.115. The van der Waals surface area contributed by atoms with Gasteiger partial charge in [-0.1, -0.05) is 6.07 Å². The van der Waals surface area contributed by atoms with Crippen LogP contribution >= 0.6 is 0 Å². The lowest BCUT2D eigenvalue weighted by atomic mass is 10.2. The molecule has 134 valence electrons. The van der Waals surface area contributed by atoms with Crippen molar-refractivity contribution in [2.24, 2.45) is 10.7 Å². The molecule has 2 aromatic rings. The van der Waals surface area contributed by atoms with E-state index in [2.05, 4.69) is 10.3 Å². The van der Waals surface area contributed by atoms with Gasteiger partial charge in [-0.3, -0.25) is 0 Å². The molecule has 0 aromatic heterocycles.